The van der Waals surface area contributed by atoms with E-state index in [2.05, 4.69) is 15.2 Å². The summed E-state index contributed by atoms with van der Waals surface area (Å²) in [6.07, 6.45) is 1.99. The van der Waals surface area contributed by atoms with Crippen molar-refractivity contribution in [3.05, 3.63) is 33.4 Å². The van der Waals surface area contributed by atoms with E-state index < -0.39 is 0 Å². The number of H-pyrrole nitrogens is 1. The number of hydrogen-bond acceptors (Lipinski definition) is 4. The number of aliphatic imine (C=N–C) groups is 1. The van der Waals surface area contributed by atoms with Gasteiger partial charge in [-0.3, -0.25) is 19.3 Å². The van der Waals surface area contributed by atoms with Crippen LogP contribution in [0.4, 0.5) is 5.82 Å². The highest BCUT2D eigenvalue weighted by molar-refractivity contribution is 8.14. The lowest BCUT2D eigenvalue weighted by atomic mass is 10.1. The molecule has 0 saturated heterocycles. The molecule has 0 fully saturated rings. The van der Waals surface area contributed by atoms with Crippen LogP contribution in [0.25, 0.3) is 0 Å². The van der Waals surface area contributed by atoms with Gasteiger partial charge in [0.1, 0.15) is 0 Å². The molecule has 6 nitrogen and oxygen atoms in total. The molecule has 2 aromatic heterocycles. The third-order valence-corrected chi connectivity index (χ3v) is 4.76. The van der Waals surface area contributed by atoms with E-state index >= 15 is 0 Å². The Labute approximate surface area is 127 Å². The highest BCUT2D eigenvalue weighted by Crippen LogP contribution is 2.44. The molecule has 1 aliphatic heterocycles. The van der Waals surface area contributed by atoms with E-state index in [1.54, 1.807) is 16.4 Å². The van der Waals surface area contributed by atoms with Gasteiger partial charge in [-0.25, -0.2) is 4.99 Å². The van der Waals surface area contributed by atoms with E-state index in [-0.39, 0.29) is 16.9 Å². The molecule has 2 aromatic rings. The maximum absolute atomic E-state index is 12.4. The summed E-state index contributed by atoms with van der Waals surface area (Å²) in [5, 5.41) is 8.23. The predicted octanol–water partition coefficient (Wildman–Crippen LogP) is 2.69. The molecule has 0 spiro atoms. The van der Waals surface area contributed by atoms with Crippen LogP contribution in [0, 0.1) is 6.92 Å². The Kier molecular flexibility index (Phi) is 3.32. The van der Waals surface area contributed by atoms with Crippen molar-refractivity contribution >= 4 is 22.6 Å². The fourth-order valence-corrected chi connectivity index (χ4v) is 3.85. The molecule has 7 heteroatoms. The monoisotopic (exact) mass is 305 g/mol. The van der Waals surface area contributed by atoms with Crippen molar-refractivity contribution in [2.45, 2.75) is 39.0 Å². The number of rotatable bonds is 2. The highest BCUT2D eigenvalue weighted by Gasteiger charge is 2.32. The van der Waals surface area contributed by atoms with E-state index in [1.807, 2.05) is 45.6 Å². The smallest absolute Gasteiger partial charge is 0.271 e. The molecule has 1 aliphatic rings. The SMILES string of the molecule is CC1=Nc2c(c(=O)[nH]n2C(C)C)[C@@H](c2cn(C)nc2C)S1. The molecule has 112 valence electrons. The Hall–Kier alpha value is -1.76. The lowest BCUT2D eigenvalue weighted by Crippen LogP contribution is -2.13. The standard InChI is InChI=1S/C14H19N5OS/c1-7(2)19-13-11(14(20)17-19)12(21-9(4)15-13)10-6-18(5)16-8(10)3/h6-7,12H,1-5H3,(H,17,20)/t12-/m1/s1. The van der Waals surface area contributed by atoms with Crippen molar-refractivity contribution in [1.82, 2.24) is 19.6 Å². The van der Waals surface area contributed by atoms with Crippen LogP contribution in [0.5, 0.6) is 0 Å². The second-order valence-corrected chi connectivity index (χ2v) is 6.91. The molecule has 1 N–H and O–H groups in total. The molecule has 3 rings (SSSR count). The predicted molar refractivity (Wildman–Crippen MR) is 85.6 cm³/mol. The Bertz CT molecular complexity index is 780. The van der Waals surface area contributed by atoms with Gasteiger partial charge in [-0.1, -0.05) is 11.8 Å². The van der Waals surface area contributed by atoms with Gasteiger partial charge in [0.25, 0.3) is 5.56 Å². The zero-order valence-corrected chi connectivity index (χ0v) is 13.7. The molecule has 0 bridgehead atoms. The van der Waals surface area contributed by atoms with Crippen LogP contribution in [-0.4, -0.2) is 24.6 Å². The topological polar surface area (TPSA) is 68.0 Å². The lowest BCUT2D eigenvalue weighted by Gasteiger charge is -2.20. The van der Waals surface area contributed by atoms with Crippen LogP contribution in [-0.2, 0) is 7.05 Å². The fourth-order valence-electron chi connectivity index (χ4n) is 2.68. The quantitative estimate of drug-likeness (QED) is 0.927. The van der Waals surface area contributed by atoms with Crippen LogP contribution in [0.2, 0.25) is 0 Å². The number of nitrogens with one attached hydrogen (secondary N) is 1. The molecule has 0 radical (unpaired) electrons. The number of aromatic amines is 1. The first-order chi connectivity index (χ1) is 9.88. The Morgan fingerprint density at radius 3 is 2.67 bits per heavy atom. The molecular formula is C14H19N5OS. The average Bonchev–Trinajstić information content (AvgIpc) is 2.89. The minimum Gasteiger partial charge on any atom is -0.275 e. The van der Waals surface area contributed by atoms with Gasteiger partial charge in [0.15, 0.2) is 5.82 Å². The van der Waals surface area contributed by atoms with E-state index in [0.29, 0.717) is 0 Å². The number of aryl methyl sites for hydroxylation is 2. The van der Waals surface area contributed by atoms with E-state index in [0.717, 1.165) is 27.7 Å². The Morgan fingerprint density at radius 2 is 2.10 bits per heavy atom. The fraction of sp³-hybridized carbons (Fsp3) is 0.500. The van der Waals surface area contributed by atoms with Crippen LogP contribution in [0.3, 0.4) is 0 Å². The van der Waals surface area contributed by atoms with E-state index in [9.17, 15) is 4.79 Å². The number of nitrogens with zero attached hydrogens (tertiary/aromatic N) is 4. The summed E-state index contributed by atoms with van der Waals surface area (Å²) in [6, 6.07) is 0.164. The van der Waals surface area contributed by atoms with Crippen molar-refractivity contribution in [3.63, 3.8) is 0 Å². The molecule has 0 unspecified atom stereocenters. The van der Waals surface area contributed by atoms with Crippen molar-refractivity contribution < 1.29 is 0 Å². The maximum atomic E-state index is 12.4. The summed E-state index contributed by atoms with van der Waals surface area (Å²) in [5.41, 5.74) is 2.70. The number of hydrogen-bond donors (Lipinski definition) is 1. The van der Waals surface area contributed by atoms with Crippen LogP contribution < -0.4 is 5.56 Å². The molecule has 3 heterocycles. The average molecular weight is 305 g/mol. The molecule has 1 atom stereocenters. The second kappa shape index (κ2) is 4.91. The first-order valence-electron chi connectivity index (χ1n) is 6.95. The van der Waals surface area contributed by atoms with E-state index in [1.165, 1.54) is 0 Å². The van der Waals surface area contributed by atoms with Gasteiger partial charge in [-0.15, -0.1) is 0 Å². The van der Waals surface area contributed by atoms with E-state index in [4.69, 9.17) is 0 Å². The molecular weight excluding hydrogens is 286 g/mol. The molecule has 0 aromatic carbocycles. The molecule has 0 aliphatic carbocycles. The number of fused-ring (bicyclic) bond motifs is 1. The summed E-state index contributed by atoms with van der Waals surface area (Å²) in [7, 11) is 1.90. The van der Waals surface area contributed by atoms with Crippen LogP contribution in [0.1, 0.15) is 48.9 Å². The minimum absolute atomic E-state index is 0.0463. The van der Waals surface area contributed by atoms with Crippen molar-refractivity contribution in [1.29, 1.82) is 0 Å². The summed E-state index contributed by atoms with van der Waals surface area (Å²) < 4.78 is 3.64. The van der Waals surface area contributed by atoms with Crippen molar-refractivity contribution in [2.24, 2.45) is 12.0 Å². The zero-order valence-electron chi connectivity index (χ0n) is 12.8. The lowest BCUT2D eigenvalue weighted by molar-refractivity contribution is 0.533. The minimum atomic E-state index is -0.0595. The normalized spacial score (nSPS) is 18.0. The van der Waals surface area contributed by atoms with Gasteiger partial charge in [0, 0.05) is 24.8 Å². The number of aromatic nitrogens is 4. The first kappa shape index (κ1) is 14.2. The van der Waals surface area contributed by atoms with Crippen molar-refractivity contribution in [3.8, 4) is 0 Å². The van der Waals surface area contributed by atoms with Crippen molar-refractivity contribution in [2.75, 3.05) is 0 Å². The Balaban J connectivity index is 2.23. The number of thioether (sulfide) groups is 1. The van der Waals surface area contributed by atoms with Crippen LogP contribution in [0.15, 0.2) is 16.0 Å². The van der Waals surface area contributed by atoms with Crippen LogP contribution >= 0.6 is 11.8 Å². The first-order valence-corrected chi connectivity index (χ1v) is 7.83. The summed E-state index contributed by atoms with van der Waals surface area (Å²) in [5.74, 6) is 0.750. The summed E-state index contributed by atoms with van der Waals surface area (Å²) in [4.78, 5) is 17.0. The zero-order chi connectivity index (χ0) is 15.3. The van der Waals surface area contributed by atoms with Gasteiger partial charge in [-0.2, -0.15) is 5.10 Å². The van der Waals surface area contributed by atoms with Gasteiger partial charge in [0.2, 0.25) is 0 Å². The molecule has 0 amide bonds. The third kappa shape index (κ3) is 2.25. The molecule has 0 saturated carbocycles. The molecule has 21 heavy (non-hydrogen) atoms. The van der Waals surface area contributed by atoms with Gasteiger partial charge < -0.3 is 0 Å². The summed E-state index contributed by atoms with van der Waals surface area (Å²) >= 11 is 1.61. The summed E-state index contributed by atoms with van der Waals surface area (Å²) in [6.45, 7) is 8.03. The highest BCUT2D eigenvalue weighted by atomic mass is 32.2. The second-order valence-electron chi connectivity index (χ2n) is 5.61. The van der Waals surface area contributed by atoms with Gasteiger partial charge >= 0.3 is 0 Å². The third-order valence-electron chi connectivity index (χ3n) is 3.60. The largest absolute Gasteiger partial charge is 0.275 e. The Morgan fingerprint density at radius 1 is 1.38 bits per heavy atom. The van der Waals surface area contributed by atoms with Gasteiger partial charge in [-0.05, 0) is 27.7 Å². The van der Waals surface area contributed by atoms with Gasteiger partial charge in [0.05, 0.1) is 21.6 Å². The maximum Gasteiger partial charge on any atom is 0.271 e.